The molecule has 0 fully saturated rings. The maximum atomic E-state index is 12.5. The number of unbranched alkanes of at least 4 members (excludes halogenated alkanes) is 39. The van der Waals surface area contributed by atoms with Crippen LogP contribution in [0.2, 0.25) is 0 Å². The summed E-state index contributed by atoms with van der Waals surface area (Å²) >= 11 is 0. The number of allylic oxidation sites excluding steroid dienone is 7. The van der Waals surface area contributed by atoms with Crippen molar-refractivity contribution in [3.8, 4) is 0 Å². The summed E-state index contributed by atoms with van der Waals surface area (Å²) in [6.45, 7) is 4.86. The molecule has 0 heterocycles. The quantitative estimate of drug-likeness (QED) is 0.0321. The lowest BCUT2D eigenvalue weighted by Gasteiger charge is -2.20. The van der Waals surface area contributed by atoms with Gasteiger partial charge in [-0.05, 0) is 83.5 Å². The lowest BCUT2D eigenvalue weighted by Crippen LogP contribution is -2.45. The predicted octanol–water partition coefficient (Wildman–Crippen LogP) is 19.0. The van der Waals surface area contributed by atoms with Crippen molar-refractivity contribution in [1.82, 2.24) is 5.32 Å². The maximum Gasteiger partial charge on any atom is 0.305 e. The Morgan fingerprint density at radius 1 is 0.406 bits per heavy atom. The number of amides is 1. The van der Waals surface area contributed by atoms with Gasteiger partial charge < -0.3 is 20.3 Å². The Balaban J connectivity index is 3.46. The van der Waals surface area contributed by atoms with Crippen molar-refractivity contribution in [2.24, 2.45) is 0 Å². The van der Waals surface area contributed by atoms with Crippen molar-refractivity contribution in [3.63, 3.8) is 0 Å². The molecule has 0 bridgehead atoms. The van der Waals surface area contributed by atoms with Crippen molar-refractivity contribution in [3.05, 3.63) is 48.6 Å². The second-order valence-electron chi connectivity index (χ2n) is 20.7. The molecule has 0 spiro atoms. The highest BCUT2D eigenvalue weighted by Crippen LogP contribution is 2.16. The Labute approximate surface area is 429 Å². The van der Waals surface area contributed by atoms with Crippen LogP contribution in [0.25, 0.3) is 0 Å². The number of hydrogen-bond acceptors (Lipinski definition) is 5. The average molecular weight is 969 g/mol. The fourth-order valence-electron chi connectivity index (χ4n) is 9.12. The van der Waals surface area contributed by atoms with Crippen LogP contribution in [0.3, 0.4) is 0 Å². The SMILES string of the molecule is CCCC/C=C\C/C=C\CCCCCCCC(=O)OCCCCCCCCCCCCC/C=C\CCCCCCCCCC(=O)NC(CO)C(O)/C=C/CCCCCCCCCCCCCCCC. The molecule has 0 aliphatic rings. The smallest absolute Gasteiger partial charge is 0.305 e. The highest BCUT2D eigenvalue weighted by Gasteiger charge is 2.18. The molecule has 2 atom stereocenters. The van der Waals surface area contributed by atoms with E-state index in [-0.39, 0.29) is 18.5 Å². The molecule has 0 aliphatic heterocycles. The molecule has 0 saturated heterocycles. The first-order valence-corrected chi connectivity index (χ1v) is 30.4. The van der Waals surface area contributed by atoms with Crippen LogP contribution in [0, 0.1) is 0 Å². The summed E-state index contributed by atoms with van der Waals surface area (Å²) in [7, 11) is 0. The molecule has 0 aromatic rings. The zero-order valence-electron chi connectivity index (χ0n) is 46.0. The largest absolute Gasteiger partial charge is 0.466 e. The number of hydrogen-bond donors (Lipinski definition) is 3. The van der Waals surface area contributed by atoms with Crippen LogP contribution in [-0.4, -0.2) is 47.4 Å². The third-order valence-corrected chi connectivity index (χ3v) is 13.8. The van der Waals surface area contributed by atoms with Crippen LogP contribution in [-0.2, 0) is 14.3 Å². The monoisotopic (exact) mass is 968 g/mol. The van der Waals surface area contributed by atoms with E-state index in [0.29, 0.717) is 19.4 Å². The van der Waals surface area contributed by atoms with Gasteiger partial charge in [-0.2, -0.15) is 0 Å². The lowest BCUT2D eigenvalue weighted by atomic mass is 10.0. The average Bonchev–Trinajstić information content (AvgIpc) is 3.35. The third-order valence-electron chi connectivity index (χ3n) is 13.8. The first-order chi connectivity index (χ1) is 34.0. The van der Waals surface area contributed by atoms with E-state index in [9.17, 15) is 19.8 Å². The molecule has 6 heteroatoms. The van der Waals surface area contributed by atoms with Crippen molar-refractivity contribution < 1.29 is 24.5 Å². The zero-order chi connectivity index (χ0) is 50.0. The van der Waals surface area contributed by atoms with Gasteiger partial charge in [0, 0.05) is 12.8 Å². The minimum absolute atomic E-state index is 0.00565. The van der Waals surface area contributed by atoms with Crippen molar-refractivity contribution in [1.29, 1.82) is 0 Å². The van der Waals surface area contributed by atoms with Gasteiger partial charge in [-0.1, -0.05) is 268 Å². The van der Waals surface area contributed by atoms with Crippen LogP contribution < -0.4 is 5.32 Å². The number of esters is 1. The van der Waals surface area contributed by atoms with Crippen LogP contribution in [0.1, 0.15) is 316 Å². The molecule has 0 aromatic heterocycles. The van der Waals surface area contributed by atoms with Crippen molar-refractivity contribution >= 4 is 11.9 Å². The Morgan fingerprint density at radius 3 is 1.16 bits per heavy atom. The number of ether oxygens (including phenoxy) is 1. The van der Waals surface area contributed by atoms with E-state index in [1.165, 1.54) is 231 Å². The molecule has 69 heavy (non-hydrogen) atoms. The first-order valence-electron chi connectivity index (χ1n) is 30.4. The van der Waals surface area contributed by atoms with Gasteiger partial charge in [0.15, 0.2) is 0 Å². The molecular weight excluding hydrogens is 851 g/mol. The summed E-state index contributed by atoms with van der Waals surface area (Å²) in [5.74, 6) is -0.0801. The topological polar surface area (TPSA) is 95.9 Å². The standard InChI is InChI=1S/C63H117NO5/c1-3-5-7-9-11-13-15-17-19-28-31-35-39-43-47-51-55-61(66)60(59-65)64-62(67)56-52-48-44-40-36-32-29-26-24-22-20-21-23-25-27-30-34-38-42-46-50-54-58-69-63(68)57-53-49-45-41-37-33-18-16-14-12-10-8-6-4-2/h10,12,16,18,22,24,51,55,60-61,65-66H,3-9,11,13-15,17,19-21,23,25-50,52-54,56-59H2,1-2H3,(H,64,67)/b12-10-,18-16-,24-22-,55-51+. The molecule has 0 aliphatic carbocycles. The van der Waals surface area contributed by atoms with E-state index < -0.39 is 12.1 Å². The number of rotatable bonds is 56. The van der Waals surface area contributed by atoms with Gasteiger partial charge in [-0.15, -0.1) is 0 Å². The molecular formula is C63H117NO5. The van der Waals surface area contributed by atoms with Crippen LogP contribution in [0.4, 0.5) is 0 Å². The summed E-state index contributed by atoms with van der Waals surface area (Å²) < 4.78 is 5.47. The third kappa shape index (κ3) is 55.0. The van der Waals surface area contributed by atoms with Crippen LogP contribution in [0.15, 0.2) is 48.6 Å². The molecule has 0 rings (SSSR count). The minimum Gasteiger partial charge on any atom is -0.466 e. The fourth-order valence-corrected chi connectivity index (χ4v) is 9.12. The van der Waals surface area contributed by atoms with Gasteiger partial charge in [0.2, 0.25) is 5.91 Å². The van der Waals surface area contributed by atoms with E-state index in [4.69, 9.17) is 4.74 Å². The van der Waals surface area contributed by atoms with Crippen molar-refractivity contribution in [2.45, 2.75) is 328 Å². The Morgan fingerprint density at radius 2 is 0.739 bits per heavy atom. The predicted molar refractivity (Wildman–Crippen MR) is 301 cm³/mol. The highest BCUT2D eigenvalue weighted by molar-refractivity contribution is 5.76. The highest BCUT2D eigenvalue weighted by atomic mass is 16.5. The van der Waals surface area contributed by atoms with Crippen LogP contribution in [0.5, 0.6) is 0 Å². The van der Waals surface area contributed by atoms with E-state index in [1.807, 2.05) is 6.08 Å². The molecule has 1 amide bonds. The second-order valence-corrected chi connectivity index (χ2v) is 20.7. The first kappa shape index (κ1) is 66.8. The van der Waals surface area contributed by atoms with E-state index in [2.05, 4.69) is 55.6 Å². The molecule has 404 valence electrons. The minimum atomic E-state index is -0.850. The summed E-state index contributed by atoms with van der Waals surface area (Å²) in [6.07, 6.45) is 74.3. The van der Waals surface area contributed by atoms with Gasteiger partial charge in [-0.3, -0.25) is 9.59 Å². The molecule has 2 unspecified atom stereocenters. The molecule has 0 radical (unpaired) electrons. The number of carbonyl (C=O) groups excluding carboxylic acids is 2. The summed E-state index contributed by atoms with van der Waals surface area (Å²) in [6, 6.07) is -0.634. The van der Waals surface area contributed by atoms with Gasteiger partial charge >= 0.3 is 5.97 Å². The number of carbonyl (C=O) groups is 2. The fraction of sp³-hybridized carbons (Fsp3) is 0.841. The Hall–Kier alpha value is -2.18. The van der Waals surface area contributed by atoms with Crippen molar-refractivity contribution in [2.75, 3.05) is 13.2 Å². The molecule has 0 aromatic carbocycles. The molecule has 6 nitrogen and oxygen atoms in total. The zero-order valence-corrected chi connectivity index (χ0v) is 46.0. The van der Waals surface area contributed by atoms with E-state index in [1.54, 1.807) is 6.08 Å². The van der Waals surface area contributed by atoms with Crippen LogP contribution >= 0.6 is 0 Å². The summed E-state index contributed by atoms with van der Waals surface area (Å²) in [5.41, 5.74) is 0. The lowest BCUT2D eigenvalue weighted by molar-refractivity contribution is -0.143. The Bertz CT molecular complexity index is 1160. The number of nitrogens with one attached hydrogen (secondary N) is 1. The number of aliphatic hydroxyl groups is 2. The molecule has 3 N–H and O–H groups in total. The number of aliphatic hydroxyl groups excluding tert-OH is 2. The molecule has 0 saturated carbocycles. The maximum absolute atomic E-state index is 12.5. The summed E-state index contributed by atoms with van der Waals surface area (Å²) in [5, 5.41) is 23.1. The van der Waals surface area contributed by atoms with Gasteiger partial charge in [0.25, 0.3) is 0 Å². The van der Waals surface area contributed by atoms with E-state index >= 15 is 0 Å². The normalized spacial score (nSPS) is 12.9. The summed E-state index contributed by atoms with van der Waals surface area (Å²) in [4.78, 5) is 24.5. The van der Waals surface area contributed by atoms with Gasteiger partial charge in [0.05, 0.1) is 25.4 Å². The Kier molecular flexibility index (Phi) is 56.5. The van der Waals surface area contributed by atoms with Gasteiger partial charge in [-0.25, -0.2) is 0 Å². The van der Waals surface area contributed by atoms with E-state index in [0.717, 1.165) is 57.8 Å². The second kappa shape index (κ2) is 58.4. The van der Waals surface area contributed by atoms with Gasteiger partial charge in [0.1, 0.15) is 0 Å².